The second-order valence-corrected chi connectivity index (χ2v) is 5.93. The first-order valence-electron chi connectivity index (χ1n) is 4.53. The summed E-state index contributed by atoms with van der Waals surface area (Å²) in [6.07, 6.45) is 0.799. The van der Waals surface area contributed by atoms with Gasteiger partial charge in [0.1, 0.15) is 5.25 Å². The van der Waals surface area contributed by atoms with Crippen LogP contribution >= 0.6 is 0 Å². The van der Waals surface area contributed by atoms with Crippen molar-refractivity contribution in [3.05, 3.63) is 35.1 Å². The number of carbonyl (C=O) groups excluding carboxylic acids is 1. The van der Waals surface area contributed by atoms with E-state index >= 15 is 0 Å². The SMILES string of the molecule is CC(C(=O)c1ccc(F)c(F)c1F)S(C)(=O)=O. The molecule has 0 saturated carbocycles. The molecule has 0 aliphatic heterocycles. The van der Waals surface area contributed by atoms with Gasteiger partial charge in [-0.3, -0.25) is 4.79 Å². The molecule has 0 N–H and O–H groups in total. The molecule has 0 aromatic heterocycles. The summed E-state index contributed by atoms with van der Waals surface area (Å²) < 4.78 is 60.9. The van der Waals surface area contributed by atoms with Crippen LogP contribution in [0.1, 0.15) is 17.3 Å². The van der Waals surface area contributed by atoms with E-state index in [1.807, 2.05) is 0 Å². The molecule has 94 valence electrons. The molecule has 3 nitrogen and oxygen atoms in total. The molecule has 0 amide bonds. The van der Waals surface area contributed by atoms with Gasteiger partial charge in [-0.2, -0.15) is 0 Å². The number of halogens is 3. The third-order valence-corrected chi connectivity index (χ3v) is 3.81. The third kappa shape index (κ3) is 2.66. The monoisotopic (exact) mass is 266 g/mol. The van der Waals surface area contributed by atoms with E-state index in [1.165, 1.54) is 0 Å². The molecule has 0 radical (unpaired) electrons. The quantitative estimate of drug-likeness (QED) is 0.618. The van der Waals surface area contributed by atoms with Crippen molar-refractivity contribution in [3.63, 3.8) is 0 Å². The van der Waals surface area contributed by atoms with E-state index in [-0.39, 0.29) is 0 Å². The average molecular weight is 266 g/mol. The van der Waals surface area contributed by atoms with Crippen molar-refractivity contribution < 1.29 is 26.4 Å². The van der Waals surface area contributed by atoms with Crippen molar-refractivity contribution >= 4 is 15.6 Å². The zero-order chi connectivity index (χ0) is 13.4. The van der Waals surface area contributed by atoms with Gasteiger partial charge in [0.15, 0.2) is 33.1 Å². The van der Waals surface area contributed by atoms with Crippen LogP contribution in [0.15, 0.2) is 12.1 Å². The van der Waals surface area contributed by atoms with Crippen molar-refractivity contribution in [1.29, 1.82) is 0 Å². The minimum atomic E-state index is -3.72. The first kappa shape index (κ1) is 13.7. The van der Waals surface area contributed by atoms with E-state index in [1.54, 1.807) is 0 Å². The predicted octanol–water partition coefficient (Wildman–Crippen LogP) is 1.72. The smallest absolute Gasteiger partial charge is 0.195 e. The molecule has 1 rings (SSSR count). The first-order valence-corrected chi connectivity index (χ1v) is 6.48. The Morgan fingerprint density at radius 3 is 2.18 bits per heavy atom. The zero-order valence-electron chi connectivity index (χ0n) is 9.00. The molecule has 1 unspecified atom stereocenters. The molecule has 1 atom stereocenters. The minimum absolute atomic E-state index is 0.570. The fourth-order valence-corrected chi connectivity index (χ4v) is 1.65. The van der Waals surface area contributed by atoms with Crippen LogP contribution in [0.5, 0.6) is 0 Å². The molecule has 0 aliphatic rings. The van der Waals surface area contributed by atoms with E-state index in [0.29, 0.717) is 6.07 Å². The van der Waals surface area contributed by atoms with Gasteiger partial charge in [-0.1, -0.05) is 0 Å². The van der Waals surface area contributed by atoms with Crippen LogP contribution in [-0.4, -0.2) is 25.7 Å². The lowest BCUT2D eigenvalue weighted by Gasteiger charge is -2.09. The van der Waals surface area contributed by atoms with Gasteiger partial charge in [0.25, 0.3) is 0 Å². The Labute approximate surface area is 96.2 Å². The molecular formula is C10H9F3O3S. The van der Waals surface area contributed by atoms with Crippen LogP contribution in [0.4, 0.5) is 13.2 Å². The van der Waals surface area contributed by atoms with Crippen molar-refractivity contribution in [2.24, 2.45) is 0 Å². The highest BCUT2D eigenvalue weighted by molar-refractivity contribution is 7.92. The zero-order valence-corrected chi connectivity index (χ0v) is 9.82. The summed E-state index contributed by atoms with van der Waals surface area (Å²) >= 11 is 0. The summed E-state index contributed by atoms with van der Waals surface area (Å²) in [5.41, 5.74) is -0.776. The number of Topliss-reactive ketones (excluding diaryl/α,β-unsaturated/α-hetero) is 1. The number of sulfone groups is 1. The highest BCUT2D eigenvalue weighted by atomic mass is 32.2. The molecular weight excluding hydrogens is 257 g/mol. The lowest BCUT2D eigenvalue weighted by Crippen LogP contribution is -2.27. The summed E-state index contributed by atoms with van der Waals surface area (Å²) in [5, 5.41) is -1.51. The Kier molecular flexibility index (Phi) is 3.61. The minimum Gasteiger partial charge on any atom is -0.293 e. The van der Waals surface area contributed by atoms with Crippen molar-refractivity contribution in [1.82, 2.24) is 0 Å². The molecule has 17 heavy (non-hydrogen) atoms. The molecule has 0 saturated heterocycles. The second kappa shape index (κ2) is 4.48. The lowest BCUT2D eigenvalue weighted by molar-refractivity contribution is 0.0986. The second-order valence-electron chi connectivity index (χ2n) is 3.56. The van der Waals surface area contributed by atoms with Gasteiger partial charge in [-0.25, -0.2) is 21.6 Å². The number of hydrogen-bond acceptors (Lipinski definition) is 3. The number of carbonyl (C=O) groups is 1. The molecule has 0 spiro atoms. The van der Waals surface area contributed by atoms with Gasteiger partial charge in [0.05, 0.1) is 5.56 Å². The Morgan fingerprint density at radius 2 is 1.71 bits per heavy atom. The van der Waals surface area contributed by atoms with Crippen LogP contribution in [0.3, 0.4) is 0 Å². The predicted molar refractivity (Wildman–Crippen MR) is 55.0 cm³/mol. The summed E-state index contributed by atoms with van der Waals surface area (Å²) in [7, 11) is -3.72. The van der Waals surface area contributed by atoms with Gasteiger partial charge in [-0.05, 0) is 19.1 Å². The summed E-state index contributed by atoms with van der Waals surface area (Å²) in [5.74, 6) is -6.02. The fourth-order valence-electron chi connectivity index (χ4n) is 1.13. The Balaban J connectivity index is 3.28. The molecule has 0 fully saturated rings. The van der Waals surface area contributed by atoms with E-state index in [9.17, 15) is 26.4 Å². The first-order chi connectivity index (χ1) is 7.66. The Morgan fingerprint density at radius 1 is 1.18 bits per heavy atom. The standard InChI is InChI=1S/C10H9F3O3S/c1-5(17(2,15)16)10(14)6-3-4-7(11)9(13)8(6)12/h3-5H,1-2H3. The van der Waals surface area contributed by atoms with E-state index in [4.69, 9.17) is 0 Å². The average Bonchev–Trinajstić information content (AvgIpc) is 2.23. The van der Waals surface area contributed by atoms with Crippen molar-refractivity contribution in [2.45, 2.75) is 12.2 Å². The fraction of sp³-hybridized carbons (Fsp3) is 0.300. The molecule has 7 heteroatoms. The maximum absolute atomic E-state index is 13.2. The van der Waals surface area contributed by atoms with Gasteiger partial charge in [0, 0.05) is 6.26 Å². The third-order valence-electron chi connectivity index (χ3n) is 2.31. The molecule has 0 aliphatic carbocycles. The van der Waals surface area contributed by atoms with E-state index in [0.717, 1.165) is 19.2 Å². The van der Waals surface area contributed by atoms with Gasteiger partial charge in [0.2, 0.25) is 0 Å². The number of hydrogen-bond donors (Lipinski definition) is 0. The molecule has 0 bridgehead atoms. The van der Waals surface area contributed by atoms with Crippen LogP contribution < -0.4 is 0 Å². The number of benzene rings is 1. The van der Waals surface area contributed by atoms with Gasteiger partial charge >= 0.3 is 0 Å². The number of rotatable bonds is 3. The van der Waals surface area contributed by atoms with Crippen molar-refractivity contribution in [2.75, 3.05) is 6.26 Å². The molecule has 1 aromatic carbocycles. The topological polar surface area (TPSA) is 51.2 Å². The van der Waals surface area contributed by atoms with Crippen LogP contribution in [-0.2, 0) is 9.84 Å². The van der Waals surface area contributed by atoms with Crippen molar-refractivity contribution in [3.8, 4) is 0 Å². The van der Waals surface area contributed by atoms with Gasteiger partial charge < -0.3 is 0 Å². The van der Waals surface area contributed by atoms with E-state index < -0.39 is 43.9 Å². The van der Waals surface area contributed by atoms with Crippen LogP contribution in [0.25, 0.3) is 0 Å². The van der Waals surface area contributed by atoms with E-state index in [2.05, 4.69) is 0 Å². The maximum atomic E-state index is 13.2. The normalized spacial score (nSPS) is 13.5. The summed E-state index contributed by atoms with van der Waals surface area (Å²) in [4.78, 5) is 11.6. The highest BCUT2D eigenvalue weighted by Crippen LogP contribution is 2.18. The van der Waals surface area contributed by atoms with Crippen LogP contribution in [0, 0.1) is 17.5 Å². The number of ketones is 1. The van der Waals surface area contributed by atoms with Crippen LogP contribution in [0.2, 0.25) is 0 Å². The Bertz CT molecular complexity index is 566. The molecule has 1 aromatic rings. The lowest BCUT2D eigenvalue weighted by atomic mass is 10.1. The Hall–Kier alpha value is -1.37. The highest BCUT2D eigenvalue weighted by Gasteiger charge is 2.28. The summed E-state index contributed by atoms with van der Waals surface area (Å²) in [6.45, 7) is 1.05. The summed E-state index contributed by atoms with van der Waals surface area (Å²) in [6, 6.07) is 1.29. The molecule has 0 heterocycles. The maximum Gasteiger partial charge on any atom is 0.195 e. The van der Waals surface area contributed by atoms with Gasteiger partial charge in [-0.15, -0.1) is 0 Å². The largest absolute Gasteiger partial charge is 0.293 e.